The fourth-order valence-electron chi connectivity index (χ4n) is 2.35. The molecule has 0 atom stereocenters. The molecule has 2 aromatic rings. The first-order valence-corrected chi connectivity index (χ1v) is 9.26. The molecular formula is C15H15IN2O2S. The third kappa shape index (κ3) is 3.16. The highest BCUT2D eigenvalue weighted by atomic mass is 127. The second-order valence-electron chi connectivity index (χ2n) is 4.93. The highest BCUT2D eigenvalue weighted by Crippen LogP contribution is 2.27. The van der Waals surface area contributed by atoms with E-state index >= 15 is 0 Å². The predicted octanol–water partition coefficient (Wildman–Crippen LogP) is 3.45. The zero-order valence-electron chi connectivity index (χ0n) is 11.3. The normalized spacial score (nSPS) is 14.1. The van der Waals surface area contributed by atoms with Crippen LogP contribution in [-0.4, -0.2) is 15.0 Å². The molecule has 0 aliphatic carbocycles. The summed E-state index contributed by atoms with van der Waals surface area (Å²) in [7, 11) is -3.56. The molecule has 110 valence electrons. The van der Waals surface area contributed by atoms with E-state index < -0.39 is 10.0 Å². The molecule has 1 aliphatic rings. The fraction of sp³-hybridized carbons (Fsp3) is 0.200. The molecule has 0 saturated carbocycles. The van der Waals surface area contributed by atoms with E-state index in [0.717, 1.165) is 28.6 Å². The lowest BCUT2D eigenvalue weighted by molar-refractivity contribution is 0.601. The maximum atomic E-state index is 12.5. The van der Waals surface area contributed by atoms with Crippen molar-refractivity contribution in [3.63, 3.8) is 0 Å². The van der Waals surface area contributed by atoms with Gasteiger partial charge in [0, 0.05) is 15.8 Å². The molecule has 0 unspecified atom stereocenters. The van der Waals surface area contributed by atoms with Crippen LogP contribution in [-0.2, 0) is 16.4 Å². The number of hydrogen-bond acceptors (Lipinski definition) is 3. The van der Waals surface area contributed by atoms with Gasteiger partial charge in [0.15, 0.2) is 0 Å². The van der Waals surface area contributed by atoms with Gasteiger partial charge in [-0.05, 0) is 65.3 Å². The molecule has 0 fully saturated rings. The molecule has 1 aliphatic heterocycles. The first kappa shape index (κ1) is 14.6. The van der Waals surface area contributed by atoms with Gasteiger partial charge in [-0.15, -0.1) is 0 Å². The van der Waals surface area contributed by atoms with Gasteiger partial charge in [-0.2, -0.15) is 0 Å². The number of benzene rings is 2. The van der Waals surface area contributed by atoms with Gasteiger partial charge < -0.3 is 5.32 Å². The molecule has 0 bridgehead atoms. The summed E-state index contributed by atoms with van der Waals surface area (Å²) in [6.07, 6.45) is 2.08. The molecule has 6 heteroatoms. The van der Waals surface area contributed by atoms with Gasteiger partial charge in [-0.1, -0.05) is 18.2 Å². The Kier molecular flexibility index (Phi) is 4.08. The van der Waals surface area contributed by atoms with E-state index in [9.17, 15) is 8.42 Å². The van der Waals surface area contributed by atoms with E-state index in [1.54, 1.807) is 18.2 Å². The summed E-state index contributed by atoms with van der Waals surface area (Å²) in [5.74, 6) is 0. The van der Waals surface area contributed by atoms with Gasteiger partial charge in [0.2, 0.25) is 0 Å². The summed E-state index contributed by atoms with van der Waals surface area (Å²) in [5, 5.41) is 3.26. The number of rotatable bonds is 3. The van der Waals surface area contributed by atoms with Gasteiger partial charge in [-0.25, -0.2) is 8.42 Å². The van der Waals surface area contributed by atoms with Crippen LogP contribution in [0.15, 0.2) is 47.4 Å². The molecule has 4 nitrogen and oxygen atoms in total. The van der Waals surface area contributed by atoms with Crippen molar-refractivity contribution in [1.29, 1.82) is 0 Å². The third-order valence-electron chi connectivity index (χ3n) is 3.45. The van der Waals surface area contributed by atoms with Crippen molar-refractivity contribution < 1.29 is 8.42 Å². The number of fused-ring (bicyclic) bond motifs is 1. The lowest BCUT2D eigenvalue weighted by Crippen LogP contribution is -2.16. The zero-order valence-corrected chi connectivity index (χ0v) is 14.2. The fourth-order valence-corrected chi connectivity index (χ4v) is 4.17. The predicted molar refractivity (Wildman–Crippen MR) is 93.2 cm³/mol. The van der Waals surface area contributed by atoms with E-state index in [1.165, 1.54) is 5.56 Å². The zero-order chi connectivity index (χ0) is 14.9. The standard InChI is InChI=1S/C15H15IN2O2S/c16-13-5-1-2-6-14(13)18-21(19,20)12-8-7-11-4-3-9-17-15(11)10-12/h1-2,5-8,10,17-18H,3-4,9H2. The van der Waals surface area contributed by atoms with Crippen LogP contribution in [0, 0.1) is 3.57 Å². The average molecular weight is 414 g/mol. The minimum atomic E-state index is -3.56. The van der Waals surface area contributed by atoms with E-state index in [0.29, 0.717) is 5.69 Å². The minimum absolute atomic E-state index is 0.287. The quantitative estimate of drug-likeness (QED) is 0.757. The Morgan fingerprint density at radius 3 is 2.76 bits per heavy atom. The summed E-state index contributed by atoms with van der Waals surface area (Å²) in [6.45, 7) is 0.889. The van der Waals surface area contributed by atoms with Crippen LogP contribution < -0.4 is 10.0 Å². The molecule has 1 heterocycles. The van der Waals surface area contributed by atoms with Crippen LogP contribution in [0.25, 0.3) is 0 Å². The van der Waals surface area contributed by atoms with Crippen molar-refractivity contribution in [3.05, 3.63) is 51.6 Å². The number of para-hydroxylation sites is 1. The number of sulfonamides is 1. The third-order valence-corrected chi connectivity index (χ3v) is 5.75. The van der Waals surface area contributed by atoms with Crippen LogP contribution in [0.4, 0.5) is 11.4 Å². The Hall–Kier alpha value is -1.28. The van der Waals surface area contributed by atoms with E-state index in [2.05, 4.69) is 32.6 Å². The van der Waals surface area contributed by atoms with E-state index in [-0.39, 0.29) is 4.90 Å². The summed E-state index contributed by atoms with van der Waals surface area (Å²) in [4.78, 5) is 0.287. The van der Waals surface area contributed by atoms with Crippen LogP contribution >= 0.6 is 22.6 Å². The van der Waals surface area contributed by atoms with Crippen LogP contribution in [0.5, 0.6) is 0 Å². The summed E-state index contributed by atoms with van der Waals surface area (Å²) in [6, 6.07) is 12.6. The Labute approximate surface area is 138 Å². The van der Waals surface area contributed by atoms with Gasteiger partial charge >= 0.3 is 0 Å². The molecule has 21 heavy (non-hydrogen) atoms. The minimum Gasteiger partial charge on any atom is -0.385 e. The second-order valence-corrected chi connectivity index (χ2v) is 7.78. The van der Waals surface area contributed by atoms with E-state index in [4.69, 9.17) is 0 Å². The van der Waals surface area contributed by atoms with Gasteiger partial charge in [-0.3, -0.25) is 4.72 Å². The van der Waals surface area contributed by atoms with Crippen LogP contribution in [0.3, 0.4) is 0 Å². The highest BCUT2D eigenvalue weighted by molar-refractivity contribution is 14.1. The van der Waals surface area contributed by atoms with Crippen molar-refractivity contribution in [2.24, 2.45) is 0 Å². The Morgan fingerprint density at radius 2 is 1.95 bits per heavy atom. The molecule has 0 radical (unpaired) electrons. The van der Waals surface area contributed by atoms with Gasteiger partial charge in [0.1, 0.15) is 0 Å². The average Bonchev–Trinajstić information content (AvgIpc) is 2.49. The second kappa shape index (κ2) is 5.84. The van der Waals surface area contributed by atoms with Gasteiger partial charge in [0.25, 0.3) is 10.0 Å². The molecular weight excluding hydrogens is 399 g/mol. The number of halogens is 1. The molecule has 0 amide bonds. The summed E-state index contributed by atoms with van der Waals surface area (Å²) in [5.41, 5.74) is 2.70. The number of nitrogens with one attached hydrogen (secondary N) is 2. The molecule has 2 aromatic carbocycles. The first-order valence-electron chi connectivity index (χ1n) is 6.70. The Morgan fingerprint density at radius 1 is 1.14 bits per heavy atom. The molecule has 0 saturated heterocycles. The summed E-state index contributed by atoms with van der Waals surface area (Å²) < 4.78 is 28.5. The molecule has 2 N–H and O–H groups in total. The van der Waals surface area contributed by atoms with E-state index in [1.807, 2.05) is 24.3 Å². The summed E-state index contributed by atoms with van der Waals surface area (Å²) >= 11 is 2.11. The Balaban J connectivity index is 1.93. The molecule has 0 spiro atoms. The lowest BCUT2D eigenvalue weighted by Gasteiger charge is -2.19. The maximum Gasteiger partial charge on any atom is 0.262 e. The lowest BCUT2D eigenvalue weighted by atomic mass is 10.0. The van der Waals surface area contributed by atoms with Gasteiger partial charge in [0.05, 0.1) is 10.6 Å². The van der Waals surface area contributed by atoms with Crippen LogP contribution in [0.1, 0.15) is 12.0 Å². The monoisotopic (exact) mass is 414 g/mol. The maximum absolute atomic E-state index is 12.5. The van der Waals surface area contributed by atoms with Crippen molar-refractivity contribution in [3.8, 4) is 0 Å². The number of hydrogen-bond donors (Lipinski definition) is 2. The topological polar surface area (TPSA) is 58.2 Å². The SMILES string of the molecule is O=S(=O)(Nc1ccccc1I)c1ccc2c(c1)NCCC2. The molecule has 0 aromatic heterocycles. The smallest absolute Gasteiger partial charge is 0.262 e. The number of aryl methyl sites for hydroxylation is 1. The van der Waals surface area contributed by atoms with Crippen molar-refractivity contribution >= 4 is 44.0 Å². The molecule has 3 rings (SSSR count). The van der Waals surface area contributed by atoms with Crippen molar-refractivity contribution in [2.45, 2.75) is 17.7 Å². The Bertz CT molecular complexity index is 775. The number of anilines is 2. The van der Waals surface area contributed by atoms with Crippen LogP contribution in [0.2, 0.25) is 0 Å². The van der Waals surface area contributed by atoms with Crippen molar-refractivity contribution in [1.82, 2.24) is 0 Å². The largest absolute Gasteiger partial charge is 0.385 e. The van der Waals surface area contributed by atoms with Crippen molar-refractivity contribution in [2.75, 3.05) is 16.6 Å². The highest BCUT2D eigenvalue weighted by Gasteiger charge is 2.18. The first-order chi connectivity index (χ1) is 10.1.